The van der Waals surface area contributed by atoms with Crippen molar-refractivity contribution in [1.29, 1.82) is 0 Å². The Hall–Kier alpha value is -2.21. The fourth-order valence-corrected chi connectivity index (χ4v) is 3.07. The minimum Gasteiger partial charge on any atom is -0.374 e. The number of aromatic nitrogens is 4. The van der Waals surface area contributed by atoms with Crippen molar-refractivity contribution in [3.05, 3.63) is 48.1 Å². The Kier molecular flexibility index (Phi) is 5.48. The van der Waals surface area contributed by atoms with Gasteiger partial charge in [-0.25, -0.2) is 0 Å². The van der Waals surface area contributed by atoms with Crippen molar-refractivity contribution in [3.8, 4) is 0 Å². The second kappa shape index (κ2) is 7.78. The van der Waals surface area contributed by atoms with Gasteiger partial charge in [0.05, 0.1) is 12.7 Å². The van der Waals surface area contributed by atoms with Crippen LogP contribution in [0.15, 0.2) is 36.7 Å². The van der Waals surface area contributed by atoms with Crippen LogP contribution in [0.2, 0.25) is 0 Å². The van der Waals surface area contributed by atoms with Crippen LogP contribution in [0.25, 0.3) is 0 Å². The highest BCUT2D eigenvalue weighted by molar-refractivity contribution is 5.34. The van der Waals surface area contributed by atoms with Crippen LogP contribution >= 0.6 is 0 Å². The molecule has 0 radical (unpaired) electrons. The fraction of sp³-hybridized carbons (Fsp3) is 0.526. The molecule has 0 aromatic carbocycles. The van der Waals surface area contributed by atoms with Gasteiger partial charge in [0.15, 0.2) is 0 Å². The maximum absolute atomic E-state index is 5.89. The third-order valence-corrected chi connectivity index (χ3v) is 4.47. The van der Waals surface area contributed by atoms with Gasteiger partial charge in [-0.15, -0.1) is 10.2 Å². The van der Waals surface area contributed by atoms with E-state index in [0.29, 0.717) is 5.92 Å². The molecule has 0 bridgehead atoms. The summed E-state index contributed by atoms with van der Waals surface area (Å²) in [5, 5.41) is 8.99. The Balaban J connectivity index is 1.87. The van der Waals surface area contributed by atoms with E-state index in [0.717, 1.165) is 50.0 Å². The molecular weight excluding hydrogens is 314 g/mol. The number of nitrogens with zero attached hydrogens (tertiary/aromatic N) is 5. The van der Waals surface area contributed by atoms with Crippen LogP contribution in [0.3, 0.4) is 0 Å². The molecule has 3 heterocycles. The molecule has 1 fully saturated rings. The van der Waals surface area contributed by atoms with E-state index in [2.05, 4.69) is 45.1 Å². The van der Waals surface area contributed by atoms with E-state index in [1.165, 1.54) is 5.56 Å². The summed E-state index contributed by atoms with van der Waals surface area (Å²) in [4.78, 5) is 6.37. The molecule has 0 N–H and O–H groups in total. The molecule has 1 aliphatic heterocycles. The molecule has 0 aliphatic carbocycles. The standard InChI is InChI=1S/C19H27N5O/c1-14(2)12-24-18(11-16-5-7-20-8-6-16)21-22-19(24)23-9-10-25-17(13-23)15(3)4/h5-8,15,17H,1,9-13H2,2-4H3. The number of ether oxygens (including phenoxy) is 1. The SMILES string of the molecule is C=C(C)Cn1c(Cc2ccncc2)nnc1N1CCOC(C(C)C)C1. The van der Waals surface area contributed by atoms with Gasteiger partial charge in [-0.3, -0.25) is 9.55 Å². The molecule has 25 heavy (non-hydrogen) atoms. The number of pyridine rings is 1. The lowest BCUT2D eigenvalue weighted by Gasteiger charge is -2.35. The maximum Gasteiger partial charge on any atom is 0.227 e. The average Bonchev–Trinajstić information content (AvgIpc) is 2.98. The summed E-state index contributed by atoms with van der Waals surface area (Å²) in [6, 6.07) is 4.03. The van der Waals surface area contributed by atoms with Crippen molar-refractivity contribution in [3.63, 3.8) is 0 Å². The first kappa shape index (κ1) is 17.6. The summed E-state index contributed by atoms with van der Waals surface area (Å²) in [6.07, 6.45) is 4.59. The summed E-state index contributed by atoms with van der Waals surface area (Å²) in [7, 11) is 0. The quantitative estimate of drug-likeness (QED) is 0.756. The molecular formula is C19H27N5O. The number of morpholine rings is 1. The van der Waals surface area contributed by atoms with Gasteiger partial charge in [-0.2, -0.15) is 0 Å². The van der Waals surface area contributed by atoms with E-state index >= 15 is 0 Å². The van der Waals surface area contributed by atoms with E-state index in [-0.39, 0.29) is 6.10 Å². The molecule has 3 rings (SSSR count). The molecule has 2 aromatic rings. The summed E-state index contributed by atoms with van der Waals surface area (Å²) >= 11 is 0. The highest BCUT2D eigenvalue weighted by atomic mass is 16.5. The molecule has 1 saturated heterocycles. The zero-order valence-corrected chi connectivity index (χ0v) is 15.4. The number of allylic oxidation sites excluding steroid dienone is 1. The number of hydrogen-bond acceptors (Lipinski definition) is 5. The van der Waals surface area contributed by atoms with Crippen LogP contribution in [0.5, 0.6) is 0 Å². The van der Waals surface area contributed by atoms with Crippen LogP contribution < -0.4 is 4.90 Å². The van der Waals surface area contributed by atoms with Crippen LogP contribution in [0.1, 0.15) is 32.2 Å². The first-order valence-electron chi connectivity index (χ1n) is 8.86. The second-order valence-corrected chi connectivity index (χ2v) is 7.09. The maximum atomic E-state index is 5.89. The monoisotopic (exact) mass is 341 g/mol. The molecule has 0 amide bonds. The summed E-state index contributed by atoms with van der Waals surface area (Å²) in [6.45, 7) is 13.6. The summed E-state index contributed by atoms with van der Waals surface area (Å²) in [5.74, 6) is 2.36. The zero-order valence-electron chi connectivity index (χ0n) is 15.4. The minimum atomic E-state index is 0.229. The molecule has 0 spiro atoms. The van der Waals surface area contributed by atoms with E-state index in [9.17, 15) is 0 Å². The number of rotatable bonds is 6. The Morgan fingerprint density at radius 1 is 1.32 bits per heavy atom. The molecule has 1 aliphatic rings. The lowest BCUT2D eigenvalue weighted by atomic mass is 10.1. The van der Waals surface area contributed by atoms with Gasteiger partial charge in [0.1, 0.15) is 5.82 Å². The third-order valence-electron chi connectivity index (χ3n) is 4.47. The Labute approximate surface area is 149 Å². The lowest BCUT2D eigenvalue weighted by molar-refractivity contribution is 0.0107. The van der Waals surface area contributed by atoms with E-state index in [1.54, 1.807) is 0 Å². The summed E-state index contributed by atoms with van der Waals surface area (Å²) in [5.41, 5.74) is 2.27. The topological polar surface area (TPSA) is 56.1 Å². The van der Waals surface area contributed by atoms with Gasteiger partial charge in [-0.1, -0.05) is 26.0 Å². The molecule has 0 saturated carbocycles. The van der Waals surface area contributed by atoms with E-state index < -0.39 is 0 Å². The molecule has 134 valence electrons. The van der Waals surface area contributed by atoms with Crippen LogP contribution in [0.4, 0.5) is 5.95 Å². The van der Waals surface area contributed by atoms with Crippen LogP contribution in [0, 0.1) is 5.92 Å². The van der Waals surface area contributed by atoms with Crippen molar-refractivity contribution in [2.24, 2.45) is 5.92 Å². The molecule has 6 nitrogen and oxygen atoms in total. The Morgan fingerprint density at radius 2 is 2.08 bits per heavy atom. The minimum absolute atomic E-state index is 0.229. The zero-order chi connectivity index (χ0) is 17.8. The largest absolute Gasteiger partial charge is 0.374 e. The third kappa shape index (κ3) is 4.25. The highest BCUT2D eigenvalue weighted by Crippen LogP contribution is 2.22. The van der Waals surface area contributed by atoms with Crippen molar-refractivity contribution in [2.45, 2.75) is 39.8 Å². The average molecular weight is 341 g/mol. The second-order valence-electron chi connectivity index (χ2n) is 7.09. The number of hydrogen-bond donors (Lipinski definition) is 0. The first-order valence-corrected chi connectivity index (χ1v) is 8.86. The Morgan fingerprint density at radius 3 is 2.76 bits per heavy atom. The van der Waals surface area contributed by atoms with Crippen molar-refractivity contribution in [1.82, 2.24) is 19.7 Å². The number of anilines is 1. The van der Waals surface area contributed by atoms with Crippen molar-refractivity contribution >= 4 is 5.95 Å². The smallest absolute Gasteiger partial charge is 0.227 e. The fourth-order valence-electron chi connectivity index (χ4n) is 3.07. The molecule has 1 unspecified atom stereocenters. The normalized spacial score (nSPS) is 17.9. The molecule has 6 heteroatoms. The molecule has 1 atom stereocenters. The predicted molar refractivity (Wildman–Crippen MR) is 98.7 cm³/mol. The van der Waals surface area contributed by atoms with Gasteiger partial charge >= 0.3 is 0 Å². The van der Waals surface area contributed by atoms with E-state index in [1.807, 2.05) is 31.5 Å². The van der Waals surface area contributed by atoms with Gasteiger partial charge in [0.25, 0.3) is 0 Å². The molecule has 2 aromatic heterocycles. The Bertz CT molecular complexity index is 710. The predicted octanol–water partition coefficient (Wildman–Crippen LogP) is 2.70. The van der Waals surface area contributed by atoms with E-state index in [4.69, 9.17) is 4.74 Å². The van der Waals surface area contributed by atoms with Crippen LogP contribution in [-0.2, 0) is 17.7 Å². The van der Waals surface area contributed by atoms with Gasteiger partial charge in [0.2, 0.25) is 5.95 Å². The van der Waals surface area contributed by atoms with Gasteiger partial charge in [-0.05, 0) is 30.5 Å². The van der Waals surface area contributed by atoms with Crippen LogP contribution in [-0.4, -0.2) is 45.5 Å². The van der Waals surface area contributed by atoms with Crippen molar-refractivity contribution < 1.29 is 4.74 Å². The van der Waals surface area contributed by atoms with Gasteiger partial charge in [0, 0.05) is 38.4 Å². The van der Waals surface area contributed by atoms with Gasteiger partial charge < -0.3 is 9.64 Å². The first-order chi connectivity index (χ1) is 12.0. The summed E-state index contributed by atoms with van der Waals surface area (Å²) < 4.78 is 8.08. The lowest BCUT2D eigenvalue weighted by Crippen LogP contribution is -2.45. The van der Waals surface area contributed by atoms with Crippen molar-refractivity contribution in [2.75, 3.05) is 24.6 Å². The highest BCUT2D eigenvalue weighted by Gasteiger charge is 2.27.